The Morgan fingerprint density at radius 1 is 0.958 bits per heavy atom. The van der Waals surface area contributed by atoms with Gasteiger partial charge in [0, 0.05) is 11.1 Å². The van der Waals surface area contributed by atoms with E-state index in [1.54, 1.807) is 21.3 Å². The highest BCUT2D eigenvalue weighted by Crippen LogP contribution is 2.63. The first-order valence-electron chi connectivity index (χ1n) is 7.91. The molecule has 0 saturated carbocycles. The van der Waals surface area contributed by atoms with Crippen molar-refractivity contribution >= 4 is 5.94 Å². The molecule has 0 spiro atoms. The first-order chi connectivity index (χ1) is 11.8. The summed E-state index contributed by atoms with van der Waals surface area (Å²) in [5.74, 6) is 4.74. The van der Waals surface area contributed by atoms with Crippen LogP contribution in [0.5, 0.6) is 11.5 Å². The predicted octanol–water partition coefficient (Wildman–Crippen LogP) is 3.54. The molecule has 4 rings (SSSR count). The molecule has 2 aliphatic rings. The highest BCUT2D eigenvalue weighted by Gasteiger charge is 2.54. The number of fused-ring (bicyclic) bond motifs is 5. The van der Waals surface area contributed by atoms with Crippen LogP contribution in [0.1, 0.15) is 34.8 Å². The molecule has 0 amide bonds. The molecule has 2 aliphatic heterocycles. The number of hydrogen-bond acceptors (Lipinski definition) is 3. The summed E-state index contributed by atoms with van der Waals surface area (Å²) in [4.78, 5) is 0. The maximum Gasteiger partial charge on any atom is 0.347 e. The fraction of sp³-hybridized carbons (Fsp3) is 0.300. The molecule has 0 N–H and O–H groups in total. The Balaban J connectivity index is 1.95. The van der Waals surface area contributed by atoms with Gasteiger partial charge in [-0.05, 0) is 17.7 Å². The molecule has 0 aromatic heterocycles. The van der Waals surface area contributed by atoms with Crippen LogP contribution in [0, 0.1) is 0 Å². The van der Waals surface area contributed by atoms with E-state index in [0.717, 1.165) is 28.2 Å². The van der Waals surface area contributed by atoms with Gasteiger partial charge in [-0.15, -0.1) is 0 Å². The van der Waals surface area contributed by atoms with Gasteiger partial charge in [-0.25, -0.2) is 4.42 Å². The van der Waals surface area contributed by atoms with Gasteiger partial charge in [-0.2, -0.15) is 0 Å². The largest absolute Gasteiger partial charge is 0.496 e. The third-order valence-corrected chi connectivity index (χ3v) is 4.78. The summed E-state index contributed by atoms with van der Waals surface area (Å²) >= 11 is 0. The van der Waals surface area contributed by atoms with E-state index in [-0.39, 0.29) is 18.1 Å². The first-order valence-corrected chi connectivity index (χ1v) is 7.91. The van der Waals surface area contributed by atoms with Crippen molar-refractivity contribution in [3.8, 4) is 11.5 Å². The highest BCUT2D eigenvalue weighted by atomic mass is 16.5. The lowest BCUT2D eigenvalue weighted by molar-refractivity contribution is 0.0715. The van der Waals surface area contributed by atoms with Gasteiger partial charge in [0.15, 0.2) is 0 Å². The zero-order chi connectivity index (χ0) is 16.7. The predicted molar refractivity (Wildman–Crippen MR) is 90.4 cm³/mol. The van der Waals surface area contributed by atoms with E-state index in [0.29, 0.717) is 0 Å². The van der Waals surface area contributed by atoms with Crippen LogP contribution in [0.15, 0.2) is 48.0 Å². The van der Waals surface area contributed by atoms with Gasteiger partial charge in [-0.3, -0.25) is 0 Å². The number of rotatable bonds is 3. The van der Waals surface area contributed by atoms with Gasteiger partial charge in [-0.1, -0.05) is 30.3 Å². The minimum Gasteiger partial charge on any atom is -0.496 e. The smallest absolute Gasteiger partial charge is 0.347 e. The molecule has 1 saturated heterocycles. The number of hydrogen-bond donors (Lipinski definition) is 0. The van der Waals surface area contributed by atoms with E-state index in [9.17, 15) is 0 Å². The zero-order valence-corrected chi connectivity index (χ0v) is 13.9. The number of benzene rings is 2. The van der Waals surface area contributed by atoms with Gasteiger partial charge in [0.1, 0.15) is 23.2 Å². The minimum absolute atomic E-state index is 0.0599. The maximum atomic E-state index is 6.32. The average molecular weight is 323 g/mol. The molecule has 2 heterocycles. The van der Waals surface area contributed by atoms with Crippen molar-refractivity contribution in [1.29, 1.82) is 0 Å². The van der Waals surface area contributed by atoms with E-state index in [1.807, 2.05) is 30.3 Å². The van der Waals surface area contributed by atoms with Crippen LogP contribution in [-0.2, 0) is 9.16 Å². The molecular weight excluding hydrogens is 304 g/mol. The zero-order valence-electron chi connectivity index (χ0n) is 13.9. The van der Waals surface area contributed by atoms with Crippen molar-refractivity contribution in [3.05, 3.63) is 64.7 Å². The van der Waals surface area contributed by atoms with Crippen LogP contribution in [0.2, 0.25) is 0 Å². The van der Waals surface area contributed by atoms with Gasteiger partial charge in [0.05, 0.1) is 26.2 Å². The highest BCUT2D eigenvalue weighted by molar-refractivity contribution is 5.69. The molecule has 24 heavy (non-hydrogen) atoms. The molecule has 3 atom stereocenters. The topological polar surface area (TPSA) is 39.0 Å². The molecule has 122 valence electrons. The number of carbonyl (C=O) groups excluding carboxylic acids is 1. The van der Waals surface area contributed by atoms with Gasteiger partial charge < -0.3 is 14.2 Å². The lowest BCUT2D eigenvalue weighted by Crippen LogP contribution is -2.15. The summed E-state index contributed by atoms with van der Waals surface area (Å²) in [7, 11) is 4.97. The monoisotopic (exact) mass is 323 g/mol. The summed E-state index contributed by atoms with van der Waals surface area (Å²) in [6, 6.07) is 14.2. The lowest BCUT2D eigenvalue weighted by Gasteiger charge is -2.24. The summed E-state index contributed by atoms with van der Waals surface area (Å²) in [6.45, 7) is 0. The van der Waals surface area contributed by atoms with Crippen LogP contribution in [0.4, 0.5) is 0 Å². The summed E-state index contributed by atoms with van der Waals surface area (Å²) in [5.41, 5.74) is 4.26. The van der Waals surface area contributed by atoms with Gasteiger partial charge in [0.25, 0.3) is 7.11 Å². The normalized spacial score (nSPS) is 23.6. The third-order valence-electron chi connectivity index (χ3n) is 4.78. The molecule has 2 aromatic rings. The van der Waals surface area contributed by atoms with Crippen LogP contribution < -0.4 is 9.47 Å². The van der Waals surface area contributed by atoms with Crippen LogP contribution >= 0.6 is 0 Å². The Morgan fingerprint density at radius 2 is 1.62 bits per heavy atom. The van der Waals surface area contributed by atoms with Crippen molar-refractivity contribution in [2.24, 2.45) is 0 Å². The average Bonchev–Trinajstić information content (AvgIpc) is 3.19. The number of ether oxygens (including phenoxy) is 3. The van der Waals surface area contributed by atoms with Gasteiger partial charge in [0.2, 0.25) is 0 Å². The Hall–Kier alpha value is -2.55. The standard InChI is InChI=1S/C20H19O4/c1-21-11-13-16(12-7-5-4-6-8-12)20-18-15(23-3)10-9-14(22-2)17(18)19(13)24-20/h4-10,16,19-20H,1-3H3/q+1. The SMILES string of the molecule is COc1ccc(OC)c2c1C1OC2C(c2ccccc2)C1=C=[O+]C. The lowest BCUT2D eigenvalue weighted by atomic mass is 9.76. The van der Waals surface area contributed by atoms with Gasteiger partial charge >= 0.3 is 5.94 Å². The van der Waals surface area contributed by atoms with Crippen molar-refractivity contribution in [2.75, 3.05) is 21.3 Å². The maximum absolute atomic E-state index is 6.32. The van der Waals surface area contributed by atoms with E-state index < -0.39 is 0 Å². The second kappa shape index (κ2) is 5.82. The Labute approximate surface area is 141 Å². The molecular formula is C20H19O4+. The van der Waals surface area contributed by atoms with Crippen molar-refractivity contribution in [1.82, 2.24) is 0 Å². The summed E-state index contributed by atoms with van der Waals surface area (Å²) in [6.07, 6.45) is -0.352. The quantitative estimate of drug-likeness (QED) is 0.641. The van der Waals surface area contributed by atoms with Crippen molar-refractivity contribution < 1.29 is 18.6 Å². The second-order valence-corrected chi connectivity index (χ2v) is 5.88. The molecule has 2 bridgehead atoms. The molecule has 4 nitrogen and oxygen atoms in total. The van der Waals surface area contributed by atoms with Crippen LogP contribution in [0.3, 0.4) is 0 Å². The Morgan fingerprint density at radius 3 is 2.25 bits per heavy atom. The fourth-order valence-electron chi connectivity index (χ4n) is 3.85. The van der Waals surface area contributed by atoms with E-state index in [2.05, 4.69) is 18.1 Å². The van der Waals surface area contributed by atoms with Crippen LogP contribution in [-0.4, -0.2) is 27.3 Å². The Kier molecular flexibility index (Phi) is 3.64. The molecule has 0 aliphatic carbocycles. The minimum atomic E-state index is -0.222. The molecule has 3 unspecified atom stereocenters. The van der Waals surface area contributed by atoms with E-state index in [1.165, 1.54) is 5.56 Å². The Bertz CT molecular complexity index is 834. The van der Waals surface area contributed by atoms with E-state index in [4.69, 9.17) is 18.6 Å². The first kappa shape index (κ1) is 15.0. The third kappa shape index (κ3) is 2.01. The summed E-state index contributed by atoms with van der Waals surface area (Å²) in [5, 5.41) is 0. The second-order valence-electron chi connectivity index (χ2n) is 5.88. The van der Waals surface area contributed by atoms with E-state index >= 15 is 0 Å². The van der Waals surface area contributed by atoms with Crippen molar-refractivity contribution in [2.45, 2.75) is 18.1 Å². The summed E-state index contributed by atoms with van der Waals surface area (Å²) < 4.78 is 22.7. The van der Waals surface area contributed by atoms with Crippen molar-refractivity contribution in [3.63, 3.8) is 0 Å². The fourth-order valence-corrected chi connectivity index (χ4v) is 3.85. The van der Waals surface area contributed by atoms with Crippen LogP contribution in [0.25, 0.3) is 0 Å². The molecule has 1 fully saturated rings. The molecule has 0 radical (unpaired) electrons. The molecule has 2 aromatic carbocycles. The number of methoxy groups -OCH3 is 2. The molecule has 4 heteroatoms.